The van der Waals surface area contributed by atoms with Gasteiger partial charge in [-0.05, 0) is 45.7 Å². The van der Waals surface area contributed by atoms with Gasteiger partial charge in [0.05, 0.1) is 0 Å². The normalized spacial score (nSPS) is 15.7. The molecule has 2 aromatic heterocycles. The molecule has 0 saturated heterocycles. The Kier molecular flexibility index (Phi) is 2.62. The third kappa shape index (κ3) is 2.11. The van der Waals surface area contributed by atoms with E-state index >= 15 is 0 Å². The molecule has 0 aromatic carbocycles. The molecule has 0 spiro atoms. The fourth-order valence-corrected chi connectivity index (χ4v) is 2.49. The lowest BCUT2D eigenvalue weighted by atomic mass is 10.1. The minimum atomic E-state index is -0.0462. The van der Waals surface area contributed by atoms with E-state index in [-0.39, 0.29) is 5.54 Å². The average Bonchev–Trinajstić information content (AvgIpc) is 3.13. The molecule has 0 amide bonds. The molecule has 1 saturated carbocycles. The van der Waals surface area contributed by atoms with Crippen molar-refractivity contribution in [2.45, 2.75) is 45.1 Å². The van der Waals surface area contributed by atoms with Crippen molar-refractivity contribution in [2.75, 3.05) is 5.73 Å². The topological polar surface area (TPSA) is 56.7 Å². The lowest BCUT2D eigenvalue weighted by Crippen LogP contribution is -2.25. The van der Waals surface area contributed by atoms with E-state index in [9.17, 15) is 0 Å². The zero-order chi connectivity index (χ0) is 13.6. The van der Waals surface area contributed by atoms with E-state index in [1.165, 1.54) is 12.8 Å². The van der Waals surface area contributed by atoms with Crippen LogP contribution in [0.1, 0.15) is 45.4 Å². The maximum Gasteiger partial charge on any atom is 0.132 e. The molecular weight excluding hydrogens is 236 g/mol. The van der Waals surface area contributed by atoms with Gasteiger partial charge in [0, 0.05) is 29.4 Å². The minimum Gasteiger partial charge on any atom is -0.383 e. The van der Waals surface area contributed by atoms with Gasteiger partial charge in [0.2, 0.25) is 0 Å². The van der Waals surface area contributed by atoms with E-state index in [1.54, 1.807) is 6.20 Å². The van der Waals surface area contributed by atoms with Crippen molar-refractivity contribution in [2.24, 2.45) is 0 Å². The first-order chi connectivity index (χ1) is 8.98. The summed E-state index contributed by atoms with van der Waals surface area (Å²) in [7, 11) is 0. The second kappa shape index (κ2) is 4.08. The SMILES string of the molecule is CC(C)(C)n1c(C2CC2)nc(-c2cccnc2)c1N. The smallest absolute Gasteiger partial charge is 0.132 e. The van der Waals surface area contributed by atoms with Crippen molar-refractivity contribution < 1.29 is 0 Å². The van der Waals surface area contributed by atoms with Gasteiger partial charge in [0.1, 0.15) is 17.3 Å². The maximum atomic E-state index is 6.36. The Morgan fingerprint density at radius 1 is 1.32 bits per heavy atom. The predicted octanol–water partition coefficient (Wildman–Crippen LogP) is 3.16. The van der Waals surface area contributed by atoms with Crippen LogP contribution in [-0.2, 0) is 5.54 Å². The van der Waals surface area contributed by atoms with Crippen LogP contribution >= 0.6 is 0 Å². The number of hydrogen-bond acceptors (Lipinski definition) is 3. The average molecular weight is 256 g/mol. The maximum absolute atomic E-state index is 6.36. The van der Waals surface area contributed by atoms with Gasteiger partial charge in [-0.1, -0.05) is 0 Å². The van der Waals surface area contributed by atoms with Crippen LogP contribution in [0.2, 0.25) is 0 Å². The van der Waals surface area contributed by atoms with Gasteiger partial charge in [0.25, 0.3) is 0 Å². The molecule has 4 heteroatoms. The standard InChI is InChI=1S/C15H20N4/c1-15(2,3)19-13(16)12(11-5-4-8-17-9-11)18-14(19)10-6-7-10/h4-5,8-10H,6-7,16H2,1-3H3. The molecular formula is C15H20N4. The number of nitrogens with two attached hydrogens (primary N) is 1. The Bertz CT molecular complexity index is 589. The van der Waals surface area contributed by atoms with Crippen molar-refractivity contribution in [1.29, 1.82) is 0 Å². The lowest BCUT2D eigenvalue weighted by molar-refractivity contribution is 0.388. The number of imidazole rings is 1. The number of anilines is 1. The number of nitrogen functional groups attached to an aromatic ring is 1. The summed E-state index contributed by atoms with van der Waals surface area (Å²) in [5.41, 5.74) is 8.17. The summed E-state index contributed by atoms with van der Waals surface area (Å²) in [5.74, 6) is 2.46. The highest BCUT2D eigenvalue weighted by Crippen LogP contribution is 2.44. The molecule has 0 radical (unpaired) electrons. The lowest BCUT2D eigenvalue weighted by Gasteiger charge is -2.25. The molecule has 100 valence electrons. The molecule has 2 N–H and O–H groups in total. The fraction of sp³-hybridized carbons (Fsp3) is 0.467. The van der Waals surface area contributed by atoms with Gasteiger partial charge in [-0.15, -0.1) is 0 Å². The summed E-state index contributed by atoms with van der Waals surface area (Å²) < 4.78 is 2.19. The number of rotatable bonds is 2. The molecule has 2 heterocycles. The monoisotopic (exact) mass is 256 g/mol. The molecule has 1 fully saturated rings. The van der Waals surface area contributed by atoms with E-state index in [0.717, 1.165) is 22.9 Å². The highest BCUT2D eigenvalue weighted by atomic mass is 15.2. The summed E-state index contributed by atoms with van der Waals surface area (Å²) in [6.45, 7) is 6.51. The first-order valence-electron chi connectivity index (χ1n) is 6.77. The van der Waals surface area contributed by atoms with Gasteiger partial charge < -0.3 is 10.3 Å². The molecule has 2 aromatic rings. The number of pyridine rings is 1. The number of aromatic nitrogens is 3. The highest BCUT2D eigenvalue weighted by molar-refractivity contribution is 5.70. The Morgan fingerprint density at radius 2 is 2.05 bits per heavy atom. The van der Waals surface area contributed by atoms with E-state index in [1.807, 2.05) is 18.3 Å². The molecule has 0 bridgehead atoms. The largest absolute Gasteiger partial charge is 0.383 e. The summed E-state index contributed by atoms with van der Waals surface area (Å²) in [6, 6.07) is 3.93. The summed E-state index contributed by atoms with van der Waals surface area (Å²) in [5, 5.41) is 0. The van der Waals surface area contributed by atoms with Crippen LogP contribution in [0, 0.1) is 0 Å². The van der Waals surface area contributed by atoms with Crippen LogP contribution in [0.5, 0.6) is 0 Å². The zero-order valence-corrected chi connectivity index (χ0v) is 11.7. The first-order valence-corrected chi connectivity index (χ1v) is 6.77. The van der Waals surface area contributed by atoms with Crippen LogP contribution < -0.4 is 5.73 Å². The molecule has 1 aliphatic carbocycles. The van der Waals surface area contributed by atoms with Crippen LogP contribution in [0.3, 0.4) is 0 Å². The molecule has 1 aliphatic rings. The predicted molar refractivity (Wildman–Crippen MR) is 76.8 cm³/mol. The van der Waals surface area contributed by atoms with E-state index in [0.29, 0.717) is 5.92 Å². The summed E-state index contributed by atoms with van der Waals surface area (Å²) in [6.07, 6.45) is 6.03. The fourth-order valence-electron chi connectivity index (χ4n) is 2.49. The van der Waals surface area contributed by atoms with Crippen molar-refractivity contribution >= 4 is 5.82 Å². The third-order valence-corrected chi connectivity index (χ3v) is 3.49. The Balaban J connectivity index is 2.17. The molecule has 3 rings (SSSR count). The van der Waals surface area contributed by atoms with Gasteiger partial charge in [-0.3, -0.25) is 4.98 Å². The van der Waals surface area contributed by atoms with Gasteiger partial charge in [0.15, 0.2) is 0 Å². The zero-order valence-electron chi connectivity index (χ0n) is 11.7. The molecule has 4 nitrogen and oxygen atoms in total. The number of nitrogens with zero attached hydrogens (tertiary/aromatic N) is 3. The summed E-state index contributed by atoms with van der Waals surface area (Å²) in [4.78, 5) is 8.97. The van der Waals surface area contributed by atoms with E-state index in [4.69, 9.17) is 10.7 Å². The number of hydrogen-bond donors (Lipinski definition) is 1. The van der Waals surface area contributed by atoms with Crippen molar-refractivity contribution in [3.05, 3.63) is 30.4 Å². The summed E-state index contributed by atoms with van der Waals surface area (Å²) >= 11 is 0. The highest BCUT2D eigenvalue weighted by Gasteiger charge is 2.34. The minimum absolute atomic E-state index is 0.0462. The van der Waals surface area contributed by atoms with Crippen LogP contribution in [0.15, 0.2) is 24.5 Å². The quantitative estimate of drug-likeness (QED) is 0.898. The Hall–Kier alpha value is -1.84. The van der Waals surface area contributed by atoms with Crippen molar-refractivity contribution in [1.82, 2.24) is 14.5 Å². The third-order valence-electron chi connectivity index (χ3n) is 3.49. The molecule has 0 unspecified atom stereocenters. The molecule has 0 atom stereocenters. The van der Waals surface area contributed by atoms with Crippen LogP contribution in [0.4, 0.5) is 5.82 Å². The van der Waals surface area contributed by atoms with E-state index < -0.39 is 0 Å². The molecule has 0 aliphatic heterocycles. The van der Waals surface area contributed by atoms with Gasteiger partial charge in [-0.25, -0.2) is 4.98 Å². The van der Waals surface area contributed by atoms with Gasteiger partial charge >= 0.3 is 0 Å². The Labute approximate surface area is 113 Å². The first kappa shape index (κ1) is 12.2. The van der Waals surface area contributed by atoms with Crippen LogP contribution in [-0.4, -0.2) is 14.5 Å². The van der Waals surface area contributed by atoms with Crippen molar-refractivity contribution in [3.8, 4) is 11.3 Å². The van der Waals surface area contributed by atoms with Gasteiger partial charge in [-0.2, -0.15) is 0 Å². The van der Waals surface area contributed by atoms with Crippen molar-refractivity contribution in [3.63, 3.8) is 0 Å². The second-order valence-corrected chi connectivity index (χ2v) is 6.23. The van der Waals surface area contributed by atoms with Crippen LogP contribution in [0.25, 0.3) is 11.3 Å². The second-order valence-electron chi connectivity index (χ2n) is 6.23. The molecule has 19 heavy (non-hydrogen) atoms. The Morgan fingerprint density at radius 3 is 2.58 bits per heavy atom. The van der Waals surface area contributed by atoms with E-state index in [2.05, 4.69) is 30.3 Å².